The molecule has 0 aliphatic heterocycles. The third-order valence-corrected chi connectivity index (χ3v) is 3.28. The van der Waals surface area contributed by atoms with Crippen molar-refractivity contribution in [2.75, 3.05) is 6.61 Å². The lowest BCUT2D eigenvalue weighted by Crippen LogP contribution is -2.28. The van der Waals surface area contributed by atoms with E-state index >= 15 is 0 Å². The summed E-state index contributed by atoms with van der Waals surface area (Å²) < 4.78 is 8.20. The average molecular weight is 339 g/mol. The van der Waals surface area contributed by atoms with Gasteiger partial charge in [0.15, 0.2) is 0 Å². The molecule has 2 aromatic heterocycles. The molecule has 0 amide bonds. The van der Waals surface area contributed by atoms with E-state index in [1.165, 1.54) is 11.0 Å². The predicted octanol–water partition coefficient (Wildman–Crippen LogP) is 0.0915. The number of ether oxygens (including phenoxy) is 1. The molecular formula is C16H15N6O3-. The van der Waals surface area contributed by atoms with Crippen molar-refractivity contribution in [1.29, 1.82) is 0 Å². The molecule has 9 heteroatoms. The highest BCUT2D eigenvalue weighted by atomic mass is 16.5. The van der Waals surface area contributed by atoms with Gasteiger partial charge in [-0.3, -0.25) is 0 Å². The molecule has 0 saturated heterocycles. The molecule has 0 N–H and O–H groups in total. The van der Waals surface area contributed by atoms with Crippen molar-refractivity contribution in [1.82, 2.24) is 24.7 Å². The topological polar surface area (TPSA) is 110 Å². The maximum absolute atomic E-state index is 10.4. The smallest absolute Gasteiger partial charge is 0.273 e. The molecule has 0 aliphatic rings. The van der Waals surface area contributed by atoms with E-state index < -0.39 is 12.6 Å². The number of aryl methyl sites for hydroxylation is 2. The second-order valence-corrected chi connectivity index (χ2v) is 5.29. The lowest BCUT2D eigenvalue weighted by molar-refractivity contribution is -0.307. The molecular weight excluding hydrogens is 324 g/mol. The number of rotatable bonds is 6. The van der Waals surface area contributed by atoms with Gasteiger partial charge in [-0.25, -0.2) is 4.68 Å². The number of aliphatic carboxylic acids is 1. The first-order valence-electron chi connectivity index (χ1n) is 7.43. The highest BCUT2D eigenvalue weighted by Crippen LogP contribution is 2.12. The molecule has 0 aliphatic carbocycles. The van der Waals surface area contributed by atoms with Gasteiger partial charge in [-0.2, -0.15) is 14.9 Å². The first-order valence-corrected chi connectivity index (χ1v) is 7.43. The van der Waals surface area contributed by atoms with Crippen LogP contribution in [0.4, 0.5) is 0 Å². The summed E-state index contributed by atoms with van der Waals surface area (Å²) in [6.07, 6.45) is 3.11. The Labute approximate surface area is 143 Å². The Morgan fingerprint density at radius 3 is 2.72 bits per heavy atom. The molecule has 3 rings (SSSR count). The van der Waals surface area contributed by atoms with Gasteiger partial charge in [0.1, 0.15) is 18.7 Å². The van der Waals surface area contributed by atoms with E-state index in [1.807, 2.05) is 19.9 Å². The fraction of sp³-hybridized carbons (Fsp3) is 0.188. The monoisotopic (exact) mass is 339 g/mol. The number of carbonyl (C=O) groups is 1. The van der Waals surface area contributed by atoms with Gasteiger partial charge in [0, 0.05) is 5.69 Å². The van der Waals surface area contributed by atoms with Crippen molar-refractivity contribution in [3.8, 4) is 11.7 Å². The van der Waals surface area contributed by atoms with Gasteiger partial charge in [0.05, 0.1) is 17.9 Å². The summed E-state index contributed by atoms with van der Waals surface area (Å²) in [5.74, 6) is -0.348. The standard InChI is InChI=1S/C16H16N6O3/c1-11-7-12(2)22(20-11)16-19-17-10-21(16)18-8-13-3-5-14(6-4-13)25-9-15(23)24/h3-8,10H,9H2,1-2H3,(H,23,24)/p-1/b18-8-. The summed E-state index contributed by atoms with van der Waals surface area (Å²) in [6, 6.07) is 8.74. The number of carboxylic acid groups (broad SMARTS) is 1. The van der Waals surface area contributed by atoms with Gasteiger partial charge in [-0.05, 0) is 49.7 Å². The fourth-order valence-corrected chi connectivity index (χ4v) is 2.20. The molecule has 1 aromatic carbocycles. The number of hydrogen-bond donors (Lipinski definition) is 0. The highest BCUT2D eigenvalue weighted by Gasteiger charge is 2.10. The number of nitrogens with zero attached hydrogens (tertiary/aromatic N) is 6. The molecule has 0 bridgehead atoms. The summed E-state index contributed by atoms with van der Waals surface area (Å²) in [7, 11) is 0. The molecule has 3 aromatic rings. The van der Waals surface area contributed by atoms with Crippen molar-refractivity contribution in [2.24, 2.45) is 5.10 Å². The van der Waals surface area contributed by atoms with Crippen molar-refractivity contribution >= 4 is 12.2 Å². The molecule has 25 heavy (non-hydrogen) atoms. The number of carboxylic acids is 1. The summed E-state index contributed by atoms with van der Waals surface area (Å²) >= 11 is 0. The van der Waals surface area contributed by atoms with Crippen LogP contribution in [0.15, 0.2) is 41.8 Å². The SMILES string of the molecule is Cc1cc(C)n(-c2nncn2/N=C\c2ccc(OCC(=O)[O-])cc2)n1. The molecule has 0 radical (unpaired) electrons. The molecule has 2 heterocycles. The van der Waals surface area contributed by atoms with Crippen LogP contribution < -0.4 is 9.84 Å². The Kier molecular flexibility index (Phi) is 4.55. The van der Waals surface area contributed by atoms with E-state index in [4.69, 9.17) is 4.74 Å². The zero-order chi connectivity index (χ0) is 17.8. The van der Waals surface area contributed by atoms with Crippen LogP contribution in [0.1, 0.15) is 17.0 Å². The summed E-state index contributed by atoms with van der Waals surface area (Å²) in [5, 5.41) is 27.0. The van der Waals surface area contributed by atoms with Crippen LogP contribution in [0.3, 0.4) is 0 Å². The van der Waals surface area contributed by atoms with Crippen LogP contribution in [0.2, 0.25) is 0 Å². The number of benzene rings is 1. The zero-order valence-corrected chi connectivity index (χ0v) is 13.7. The van der Waals surface area contributed by atoms with Gasteiger partial charge in [0.25, 0.3) is 5.95 Å². The highest BCUT2D eigenvalue weighted by molar-refractivity contribution is 5.79. The van der Waals surface area contributed by atoms with Crippen molar-refractivity contribution in [3.05, 3.63) is 53.6 Å². The van der Waals surface area contributed by atoms with Gasteiger partial charge in [-0.1, -0.05) is 0 Å². The normalized spacial score (nSPS) is 11.1. The number of aromatic nitrogens is 5. The van der Waals surface area contributed by atoms with Crippen LogP contribution in [-0.2, 0) is 4.79 Å². The third-order valence-electron chi connectivity index (χ3n) is 3.28. The maximum atomic E-state index is 10.4. The summed E-state index contributed by atoms with van der Waals surface area (Å²) in [4.78, 5) is 10.4. The van der Waals surface area contributed by atoms with Crippen LogP contribution in [-0.4, -0.2) is 43.4 Å². The molecule has 0 saturated carbocycles. The second-order valence-electron chi connectivity index (χ2n) is 5.29. The van der Waals surface area contributed by atoms with Crippen LogP contribution in [0.25, 0.3) is 5.95 Å². The van der Waals surface area contributed by atoms with E-state index in [1.54, 1.807) is 35.2 Å². The third kappa shape index (κ3) is 3.89. The zero-order valence-electron chi connectivity index (χ0n) is 13.7. The quantitative estimate of drug-likeness (QED) is 0.589. The van der Waals surface area contributed by atoms with Crippen LogP contribution >= 0.6 is 0 Å². The van der Waals surface area contributed by atoms with Gasteiger partial charge >= 0.3 is 0 Å². The van der Waals surface area contributed by atoms with Crippen LogP contribution in [0.5, 0.6) is 5.75 Å². The Hall–Kier alpha value is -3.49. The summed E-state index contributed by atoms with van der Waals surface area (Å²) in [5.41, 5.74) is 2.60. The van der Waals surface area contributed by atoms with Gasteiger partial charge in [-0.15, -0.1) is 10.2 Å². The molecule has 9 nitrogen and oxygen atoms in total. The lowest BCUT2D eigenvalue weighted by atomic mass is 10.2. The summed E-state index contributed by atoms with van der Waals surface area (Å²) in [6.45, 7) is 3.34. The van der Waals surface area contributed by atoms with Crippen molar-refractivity contribution in [2.45, 2.75) is 13.8 Å². The van der Waals surface area contributed by atoms with Gasteiger partial charge < -0.3 is 14.6 Å². The molecule has 0 spiro atoms. The Bertz CT molecular complexity index is 910. The maximum Gasteiger partial charge on any atom is 0.273 e. The fourth-order valence-electron chi connectivity index (χ4n) is 2.20. The minimum absolute atomic E-state index is 0.439. The minimum Gasteiger partial charge on any atom is -0.546 e. The molecule has 128 valence electrons. The first kappa shape index (κ1) is 16.4. The van der Waals surface area contributed by atoms with Crippen molar-refractivity contribution in [3.63, 3.8) is 0 Å². The predicted molar refractivity (Wildman–Crippen MR) is 86.6 cm³/mol. The molecule has 0 atom stereocenters. The molecule has 0 fully saturated rings. The van der Waals surface area contributed by atoms with E-state index in [0.29, 0.717) is 11.7 Å². The number of hydrogen-bond acceptors (Lipinski definition) is 7. The van der Waals surface area contributed by atoms with Crippen LogP contribution in [0, 0.1) is 13.8 Å². The Balaban J connectivity index is 1.76. The lowest BCUT2D eigenvalue weighted by Gasteiger charge is -2.06. The average Bonchev–Trinajstić information content (AvgIpc) is 3.17. The Morgan fingerprint density at radius 2 is 2.08 bits per heavy atom. The first-order chi connectivity index (χ1) is 12.0. The van der Waals surface area contributed by atoms with E-state index in [2.05, 4.69) is 20.4 Å². The minimum atomic E-state index is -1.27. The van der Waals surface area contributed by atoms with Crippen molar-refractivity contribution < 1.29 is 14.6 Å². The van der Waals surface area contributed by atoms with Gasteiger partial charge in [0.2, 0.25) is 0 Å². The van der Waals surface area contributed by atoms with E-state index in [9.17, 15) is 9.90 Å². The number of carbonyl (C=O) groups excluding carboxylic acids is 1. The Morgan fingerprint density at radius 1 is 1.32 bits per heavy atom. The largest absolute Gasteiger partial charge is 0.546 e. The van der Waals surface area contributed by atoms with E-state index in [-0.39, 0.29) is 0 Å². The van der Waals surface area contributed by atoms with E-state index in [0.717, 1.165) is 17.0 Å². The molecule has 0 unspecified atom stereocenters. The second kappa shape index (κ2) is 6.95.